The first-order valence-electron chi connectivity index (χ1n) is 5.66. The van der Waals surface area contributed by atoms with Gasteiger partial charge in [0.25, 0.3) is 0 Å². The van der Waals surface area contributed by atoms with Gasteiger partial charge < -0.3 is 10.1 Å². The highest BCUT2D eigenvalue weighted by Gasteiger charge is 2.21. The van der Waals surface area contributed by atoms with Crippen LogP contribution in [0.5, 0.6) is 0 Å². The molecule has 0 bridgehead atoms. The van der Waals surface area contributed by atoms with Gasteiger partial charge in [-0.05, 0) is 13.8 Å². The Morgan fingerprint density at radius 3 is 2.53 bits per heavy atom. The summed E-state index contributed by atoms with van der Waals surface area (Å²) in [5.41, 5.74) is 0. The van der Waals surface area contributed by atoms with E-state index in [1.807, 2.05) is 27.7 Å². The number of nitrogens with zero attached hydrogens (tertiary/aromatic N) is 3. The van der Waals surface area contributed by atoms with Crippen LogP contribution in [-0.4, -0.2) is 39.9 Å². The van der Waals surface area contributed by atoms with Gasteiger partial charge in [0.1, 0.15) is 17.7 Å². The molecular formula is C11H20N4O2. The van der Waals surface area contributed by atoms with Crippen molar-refractivity contribution in [1.29, 1.82) is 0 Å². The van der Waals surface area contributed by atoms with Crippen molar-refractivity contribution in [1.82, 2.24) is 20.1 Å². The van der Waals surface area contributed by atoms with Crippen LogP contribution in [0.25, 0.3) is 0 Å². The third-order valence-electron chi connectivity index (χ3n) is 2.34. The molecule has 0 amide bonds. The average Bonchev–Trinajstić information content (AvgIpc) is 2.54. The van der Waals surface area contributed by atoms with Crippen LogP contribution in [0.2, 0.25) is 0 Å². The molecule has 1 aromatic rings. The molecule has 0 aliphatic carbocycles. The van der Waals surface area contributed by atoms with Gasteiger partial charge in [-0.1, -0.05) is 13.8 Å². The Labute approximate surface area is 101 Å². The Balaban J connectivity index is 2.78. The fraction of sp³-hybridized carbons (Fsp3) is 0.727. The Kier molecular flexibility index (Phi) is 4.62. The summed E-state index contributed by atoms with van der Waals surface area (Å²) in [6.45, 7) is 8.08. The topological polar surface area (TPSA) is 69.0 Å². The zero-order chi connectivity index (χ0) is 13.0. The molecule has 0 radical (unpaired) electrons. The van der Waals surface area contributed by atoms with Gasteiger partial charge in [0.15, 0.2) is 0 Å². The molecule has 0 aliphatic rings. The molecule has 1 atom stereocenters. The minimum atomic E-state index is -0.403. The van der Waals surface area contributed by atoms with E-state index in [2.05, 4.69) is 15.4 Å². The molecule has 0 aromatic carbocycles. The average molecular weight is 240 g/mol. The lowest BCUT2D eigenvalue weighted by atomic mass is 10.2. The molecule has 0 fully saturated rings. The van der Waals surface area contributed by atoms with E-state index in [1.54, 1.807) is 4.68 Å². The Morgan fingerprint density at radius 1 is 1.47 bits per heavy atom. The van der Waals surface area contributed by atoms with E-state index in [0.29, 0.717) is 12.4 Å². The van der Waals surface area contributed by atoms with Gasteiger partial charge in [-0.2, -0.15) is 5.10 Å². The summed E-state index contributed by atoms with van der Waals surface area (Å²) in [6, 6.07) is -0.205. The highest BCUT2D eigenvalue weighted by molar-refractivity contribution is 5.75. The molecule has 1 heterocycles. The fourth-order valence-electron chi connectivity index (χ4n) is 1.65. The van der Waals surface area contributed by atoms with Gasteiger partial charge in [-0.15, -0.1) is 0 Å². The van der Waals surface area contributed by atoms with Crippen molar-refractivity contribution in [3.63, 3.8) is 0 Å². The van der Waals surface area contributed by atoms with E-state index in [4.69, 9.17) is 4.74 Å². The van der Waals surface area contributed by atoms with Crippen LogP contribution in [0.15, 0.2) is 0 Å². The molecular weight excluding hydrogens is 220 g/mol. The Bertz CT molecular complexity index is 387. The maximum atomic E-state index is 11.6. The number of aromatic nitrogens is 3. The van der Waals surface area contributed by atoms with Crippen molar-refractivity contribution in [2.45, 2.75) is 46.3 Å². The molecule has 96 valence electrons. The number of carbonyl (C=O) groups excluding carboxylic acids is 1. The molecule has 6 heteroatoms. The lowest BCUT2D eigenvalue weighted by molar-refractivity contribution is -0.143. The van der Waals surface area contributed by atoms with Crippen molar-refractivity contribution >= 4 is 5.97 Å². The highest BCUT2D eigenvalue weighted by Crippen LogP contribution is 2.01. The van der Waals surface area contributed by atoms with Crippen LogP contribution in [0.4, 0.5) is 0 Å². The van der Waals surface area contributed by atoms with E-state index in [0.717, 1.165) is 5.82 Å². The monoisotopic (exact) mass is 240 g/mol. The van der Waals surface area contributed by atoms with Crippen LogP contribution in [0.3, 0.4) is 0 Å². The molecule has 0 aliphatic heterocycles. The number of rotatable bonds is 5. The predicted molar refractivity (Wildman–Crippen MR) is 63.6 cm³/mol. The predicted octanol–water partition coefficient (Wildman–Crippen LogP) is 0.435. The summed E-state index contributed by atoms with van der Waals surface area (Å²) in [7, 11) is 1.39. The van der Waals surface area contributed by atoms with E-state index in [-0.39, 0.29) is 12.0 Å². The summed E-state index contributed by atoms with van der Waals surface area (Å²) in [5.74, 6) is 1.21. The van der Waals surface area contributed by atoms with Crippen LogP contribution in [0.1, 0.15) is 25.5 Å². The number of hydrogen-bond donors (Lipinski definition) is 1. The first-order chi connectivity index (χ1) is 7.93. The second-order valence-electron chi connectivity index (χ2n) is 4.29. The van der Waals surface area contributed by atoms with Crippen molar-refractivity contribution in [2.75, 3.05) is 7.11 Å². The number of hydrogen-bond acceptors (Lipinski definition) is 5. The largest absolute Gasteiger partial charge is 0.468 e. The standard InChI is InChI=1S/C11H20N4O2/c1-7(2)12-10(11(16)17-5)6-15-9(4)13-8(3)14-15/h7,10,12H,6H2,1-5H3. The zero-order valence-corrected chi connectivity index (χ0v) is 11.0. The molecule has 1 aromatic heterocycles. The lowest BCUT2D eigenvalue weighted by Gasteiger charge is -2.19. The molecule has 0 saturated carbocycles. The molecule has 0 saturated heterocycles. The molecule has 1 unspecified atom stereocenters. The number of nitrogens with one attached hydrogen (secondary N) is 1. The minimum absolute atomic E-state index is 0.198. The number of ether oxygens (including phenoxy) is 1. The summed E-state index contributed by atoms with van der Waals surface area (Å²) in [4.78, 5) is 15.8. The van der Waals surface area contributed by atoms with Crippen molar-refractivity contribution < 1.29 is 9.53 Å². The first kappa shape index (κ1) is 13.6. The van der Waals surface area contributed by atoms with Gasteiger partial charge in [-0.25, -0.2) is 9.67 Å². The summed E-state index contributed by atoms with van der Waals surface area (Å²) in [6.07, 6.45) is 0. The third kappa shape index (κ3) is 3.81. The van der Waals surface area contributed by atoms with Crippen molar-refractivity contribution in [3.05, 3.63) is 11.6 Å². The lowest BCUT2D eigenvalue weighted by Crippen LogP contribution is -2.44. The number of aryl methyl sites for hydroxylation is 2. The minimum Gasteiger partial charge on any atom is -0.468 e. The van der Waals surface area contributed by atoms with Crippen LogP contribution in [0, 0.1) is 13.8 Å². The first-order valence-corrected chi connectivity index (χ1v) is 5.66. The second kappa shape index (κ2) is 5.77. The van der Waals surface area contributed by atoms with E-state index >= 15 is 0 Å². The van der Waals surface area contributed by atoms with Gasteiger partial charge in [0.2, 0.25) is 0 Å². The molecule has 6 nitrogen and oxygen atoms in total. The zero-order valence-electron chi connectivity index (χ0n) is 11.0. The molecule has 0 spiro atoms. The smallest absolute Gasteiger partial charge is 0.324 e. The SMILES string of the molecule is COC(=O)C(Cn1nc(C)nc1C)NC(C)C. The molecule has 1 N–H and O–H groups in total. The van der Waals surface area contributed by atoms with Crippen LogP contribution >= 0.6 is 0 Å². The second-order valence-corrected chi connectivity index (χ2v) is 4.29. The normalized spacial score (nSPS) is 12.8. The number of esters is 1. The van der Waals surface area contributed by atoms with Gasteiger partial charge in [-0.3, -0.25) is 4.79 Å². The third-order valence-corrected chi connectivity index (χ3v) is 2.34. The summed E-state index contributed by atoms with van der Waals surface area (Å²) in [5, 5.41) is 7.38. The molecule has 1 rings (SSSR count). The van der Waals surface area contributed by atoms with Crippen LogP contribution < -0.4 is 5.32 Å². The van der Waals surface area contributed by atoms with Crippen molar-refractivity contribution in [3.8, 4) is 0 Å². The van der Waals surface area contributed by atoms with Gasteiger partial charge in [0.05, 0.1) is 13.7 Å². The van der Waals surface area contributed by atoms with E-state index < -0.39 is 6.04 Å². The highest BCUT2D eigenvalue weighted by atomic mass is 16.5. The Hall–Kier alpha value is -1.43. The maximum absolute atomic E-state index is 11.6. The van der Waals surface area contributed by atoms with E-state index in [1.165, 1.54) is 7.11 Å². The summed E-state index contributed by atoms with van der Waals surface area (Å²) < 4.78 is 6.48. The van der Waals surface area contributed by atoms with Gasteiger partial charge in [0, 0.05) is 6.04 Å². The van der Waals surface area contributed by atoms with Crippen molar-refractivity contribution in [2.24, 2.45) is 0 Å². The van der Waals surface area contributed by atoms with E-state index in [9.17, 15) is 4.79 Å². The quantitative estimate of drug-likeness (QED) is 0.756. The van der Waals surface area contributed by atoms with Gasteiger partial charge >= 0.3 is 5.97 Å². The molecule has 17 heavy (non-hydrogen) atoms. The van der Waals surface area contributed by atoms with Crippen LogP contribution in [-0.2, 0) is 16.1 Å². The summed E-state index contributed by atoms with van der Waals surface area (Å²) >= 11 is 0. The number of methoxy groups -OCH3 is 1. The fourth-order valence-corrected chi connectivity index (χ4v) is 1.65. The Morgan fingerprint density at radius 2 is 2.12 bits per heavy atom. The maximum Gasteiger partial charge on any atom is 0.324 e. The number of carbonyl (C=O) groups is 1.